The van der Waals surface area contributed by atoms with Gasteiger partial charge in [-0.3, -0.25) is 9.48 Å². The summed E-state index contributed by atoms with van der Waals surface area (Å²) < 4.78 is 12.6. The van der Waals surface area contributed by atoms with E-state index in [0.717, 1.165) is 0 Å². The number of aryl methyl sites for hydroxylation is 1. The number of hydrogen-bond donors (Lipinski definition) is 2. The second kappa shape index (κ2) is 9.63. The molecule has 0 aliphatic heterocycles. The standard InChI is InChI=1S/C23H23N3O4/c1-16(15-29-3)30-20-13-17(8-9-18-6-4-5-7-21(18)27)12-19(14-20)23(28)24-22-10-11-26(2)25-22/h4-7,10-14,16,27H,15H2,1-3H3,(H,24,25,28)/t16-/m0/s1. The summed E-state index contributed by atoms with van der Waals surface area (Å²) in [6.45, 7) is 2.28. The predicted octanol–water partition coefficient (Wildman–Crippen LogP) is 3.19. The Hall–Kier alpha value is -3.76. The normalized spacial score (nSPS) is 11.3. The molecule has 0 spiro atoms. The molecule has 0 aliphatic carbocycles. The Morgan fingerprint density at radius 2 is 2.03 bits per heavy atom. The van der Waals surface area contributed by atoms with Crippen molar-refractivity contribution in [3.63, 3.8) is 0 Å². The van der Waals surface area contributed by atoms with Crippen molar-refractivity contribution >= 4 is 11.7 Å². The molecule has 0 saturated carbocycles. The van der Waals surface area contributed by atoms with Gasteiger partial charge in [0, 0.05) is 37.5 Å². The van der Waals surface area contributed by atoms with Crippen LogP contribution >= 0.6 is 0 Å². The highest BCUT2D eigenvalue weighted by molar-refractivity contribution is 6.04. The second-order valence-corrected chi connectivity index (χ2v) is 6.73. The quantitative estimate of drug-likeness (QED) is 0.615. The van der Waals surface area contributed by atoms with E-state index >= 15 is 0 Å². The minimum atomic E-state index is -0.329. The molecule has 1 amide bonds. The summed E-state index contributed by atoms with van der Waals surface area (Å²) >= 11 is 0. The molecule has 1 atom stereocenters. The van der Waals surface area contributed by atoms with Crippen molar-refractivity contribution in [1.29, 1.82) is 0 Å². The fourth-order valence-corrected chi connectivity index (χ4v) is 2.76. The minimum Gasteiger partial charge on any atom is -0.507 e. The highest BCUT2D eigenvalue weighted by atomic mass is 16.5. The number of ether oxygens (including phenoxy) is 2. The number of anilines is 1. The number of aromatic hydroxyl groups is 1. The summed E-state index contributed by atoms with van der Waals surface area (Å²) in [5, 5.41) is 16.8. The SMILES string of the molecule is COC[C@H](C)Oc1cc(C#Cc2ccccc2O)cc(C(=O)Nc2ccn(C)n2)c1. The van der Waals surface area contributed by atoms with E-state index in [4.69, 9.17) is 9.47 Å². The van der Waals surface area contributed by atoms with Crippen LogP contribution in [0.3, 0.4) is 0 Å². The average molecular weight is 405 g/mol. The Kier molecular flexibility index (Phi) is 6.73. The zero-order chi connectivity index (χ0) is 21.5. The smallest absolute Gasteiger partial charge is 0.257 e. The van der Waals surface area contributed by atoms with Crippen LogP contribution in [-0.2, 0) is 11.8 Å². The van der Waals surface area contributed by atoms with Gasteiger partial charge in [-0.2, -0.15) is 5.10 Å². The molecule has 2 N–H and O–H groups in total. The number of nitrogens with zero attached hydrogens (tertiary/aromatic N) is 2. The summed E-state index contributed by atoms with van der Waals surface area (Å²) in [5.74, 6) is 6.63. The van der Waals surface area contributed by atoms with Gasteiger partial charge in [0.05, 0.1) is 12.2 Å². The number of carbonyl (C=O) groups is 1. The summed E-state index contributed by atoms with van der Waals surface area (Å²) in [4.78, 5) is 12.7. The van der Waals surface area contributed by atoms with Gasteiger partial charge < -0.3 is 19.9 Å². The van der Waals surface area contributed by atoms with Crippen LogP contribution in [0, 0.1) is 11.8 Å². The third-order valence-electron chi connectivity index (χ3n) is 4.11. The van der Waals surface area contributed by atoms with Gasteiger partial charge in [0.15, 0.2) is 5.82 Å². The van der Waals surface area contributed by atoms with Crippen molar-refractivity contribution in [2.45, 2.75) is 13.0 Å². The van der Waals surface area contributed by atoms with Crippen molar-refractivity contribution in [3.8, 4) is 23.3 Å². The molecule has 0 bridgehead atoms. The second-order valence-electron chi connectivity index (χ2n) is 6.73. The van der Waals surface area contributed by atoms with Crippen molar-refractivity contribution < 1.29 is 19.4 Å². The molecule has 0 saturated heterocycles. The first-order valence-electron chi connectivity index (χ1n) is 9.36. The Morgan fingerprint density at radius 1 is 1.23 bits per heavy atom. The number of benzene rings is 2. The number of carbonyl (C=O) groups excluding carboxylic acids is 1. The maximum absolute atomic E-state index is 12.7. The number of aromatic nitrogens is 2. The van der Waals surface area contributed by atoms with Crippen molar-refractivity contribution in [2.24, 2.45) is 7.05 Å². The van der Waals surface area contributed by atoms with Gasteiger partial charge in [-0.1, -0.05) is 24.0 Å². The highest BCUT2D eigenvalue weighted by Gasteiger charge is 2.12. The van der Waals surface area contributed by atoms with E-state index in [1.165, 1.54) is 0 Å². The third kappa shape index (κ3) is 5.63. The molecule has 154 valence electrons. The van der Waals surface area contributed by atoms with E-state index in [2.05, 4.69) is 22.3 Å². The Morgan fingerprint density at radius 3 is 2.73 bits per heavy atom. The highest BCUT2D eigenvalue weighted by Crippen LogP contribution is 2.20. The first-order chi connectivity index (χ1) is 14.4. The number of rotatable bonds is 6. The molecule has 2 aromatic carbocycles. The number of phenolic OH excluding ortho intramolecular Hbond substituents is 1. The van der Waals surface area contributed by atoms with E-state index in [1.54, 1.807) is 73.6 Å². The molecule has 0 aliphatic rings. The molecule has 1 aromatic heterocycles. The fraction of sp³-hybridized carbons (Fsp3) is 0.217. The molecule has 3 rings (SSSR count). The summed E-state index contributed by atoms with van der Waals surface area (Å²) in [6.07, 6.45) is 1.54. The molecular weight excluding hydrogens is 382 g/mol. The van der Waals surface area contributed by atoms with E-state index < -0.39 is 0 Å². The van der Waals surface area contributed by atoms with Crippen LogP contribution in [0.4, 0.5) is 5.82 Å². The number of methoxy groups -OCH3 is 1. The average Bonchev–Trinajstić information content (AvgIpc) is 3.12. The molecule has 30 heavy (non-hydrogen) atoms. The van der Waals surface area contributed by atoms with Crippen LogP contribution in [0.5, 0.6) is 11.5 Å². The zero-order valence-electron chi connectivity index (χ0n) is 17.0. The minimum absolute atomic E-state index is 0.0965. The molecule has 1 heterocycles. The van der Waals surface area contributed by atoms with Crippen molar-refractivity contribution in [1.82, 2.24) is 9.78 Å². The number of amides is 1. The van der Waals surface area contributed by atoms with E-state index in [9.17, 15) is 9.90 Å². The van der Waals surface area contributed by atoms with Gasteiger partial charge >= 0.3 is 0 Å². The van der Waals surface area contributed by atoms with Gasteiger partial charge in [0.25, 0.3) is 5.91 Å². The van der Waals surface area contributed by atoms with Crippen LogP contribution in [0.1, 0.15) is 28.4 Å². The lowest BCUT2D eigenvalue weighted by atomic mass is 10.1. The molecule has 0 unspecified atom stereocenters. The molecule has 3 aromatic rings. The van der Waals surface area contributed by atoms with Gasteiger partial charge in [-0.25, -0.2) is 0 Å². The van der Waals surface area contributed by atoms with Crippen LogP contribution in [0.15, 0.2) is 54.7 Å². The number of hydrogen-bond acceptors (Lipinski definition) is 5. The molecular formula is C23H23N3O4. The van der Waals surface area contributed by atoms with Crippen LogP contribution in [0.2, 0.25) is 0 Å². The lowest BCUT2D eigenvalue weighted by Crippen LogP contribution is -2.19. The first kappa shape index (κ1) is 21.0. The predicted molar refractivity (Wildman–Crippen MR) is 114 cm³/mol. The summed E-state index contributed by atoms with van der Waals surface area (Å²) in [5.41, 5.74) is 1.45. The zero-order valence-corrected chi connectivity index (χ0v) is 17.0. The molecule has 0 radical (unpaired) electrons. The van der Waals surface area contributed by atoms with Gasteiger partial charge in [-0.05, 0) is 37.3 Å². The summed E-state index contributed by atoms with van der Waals surface area (Å²) in [6, 6.07) is 13.6. The Bertz CT molecular complexity index is 1100. The molecule has 0 fully saturated rings. The number of nitrogens with one attached hydrogen (secondary N) is 1. The third-order valence-corrected chi connectivity index (χ3v) is 4.11. The number of phenols is 1. The van der Waals surface area contributed by atoms with E-state index in [1.807, 2.05) is 6.92 Å². The van der Waals surface area contributed by atoms with Crippen molar-refractivity contribution in [3.05, 3.63) is 71.4 Å². The Labute approximate surface area is 175 Å². The van der Waals surface area contributed by atoms with Gasteiger partial charge in [0.2, 0.25) is 0 Å². The maximum Gasteiger partial charge on any atom is 0.257 e. The van der Waals surface area contributed by atoms with Crippen LogP contribution in [0.25, 0.3) is 0 Å². The van der Waals surface area contributed by atoms with Crippen LogP contribution < -0.4 is 10.1 Å². The Balaban J connectivity index is 1.92. The largest absolute Gasteiger partial charge is 0.507 e. The molecule has 7 nitrogen and oxygen atoms in total. The summed E-state index contributed by atoms with van der Waals surface area (Å²) in [7, 11) is 3.37. The first-order valence-corrected chi connectivity index (χ1v) is 9.36. The fourth-order valence-electron chi connectivity index (χ4n) is 2.76. The van der Waals surface area contributed by atoms with Gasteiger partial charge in [0.1, 0.15) is 17.6 Å². The lowest BCUT2D eigenvalue weighted by Gasteiger charge is -2.15. The monoisotopic (exact) mass is 405 g/mol. The van der Waals surface area contributed by atoms with Crippen LogP contribution in [-0.4, -0.2) is 40.6 Å². The van der Waals surface area contributed by atoms with E-state index in [-0.39, 0.29) is 17.8 Å². The molecule has 7 heteroatoms. The van der Waals surface area contributed by atoms with Crippen molar-refractivity contribution in [2.75, 3.05) is 19.0 Å². The lowest BCUT2D eigenvalue weighted by molar-refractivity contribution is 0.0917. The van der Waals surface area contributed by atoms with E-state index in [0.29, 0.717) is 34.9 Å². The maximum atomic E-state index is 12.7. The topological polar surface area (TPSA) is 85.6 Å². The van der Waals surface area contributed by atoms with Gasteiger partial charge in [-0.15, -0.1) is 0 Å². The number of para-hydroxylation sites is 1.